The molecule has 2 aliphatic rings. The summed E-state index contributed by atoms with van der Waals surface area (Å²) in [4.78, 5) is 18.5. The van der Waals surface area contributed by atoms with Gasteiger partial charge in [-0.15, -0.1) is 0 Å². The van der Waals surface area contributed by atoms with Gasteiger partial charge in [-0.3, -0.25) is 14.6 Å². The minimum atomic E-state index is -0.104. The Bertz CT molecular complexity index is 272. The van der Waals surface area contributed by atoms with E-state index in [1.54, 1.807) is 0 Å². The maximum Gasteiger partial charge on any atom is 0.306 e. The van der Waals surface area contributed by atoms with Gasteiger partial charge in [-0.25, -0.2) is 0 Å². The first kappa shape index (κ1) is 12.8. The zero-order valence-electron chi connectivity index (χ0n) is 10.9. The number of likely N-dealkylation sites (N-methyl/N-ethyl adjacent to an activating group) is 1. The van der Waals surface area contributed by atoms with Crippen LogP contribution in [0.25, 0.3) is 0 Å². The Balaban J connectivity index is 1.77. The Morgan fingerprint density at radius 3 is 2.76 bits per heavy atom. The van der Waals surface area contributed by atoms with Crippen LogP contribution in [0.15, 0.2) is 0 Å². The summed E-state index contributed by atoms with van der Waals surface area (Å²) in [6, 6.07) is 0.639. The van der Waals surface area contributed by atoms with E-state index in [-0.39, 0.29) is 5.97 Å². The number of carbonyl (C=O) groups excluding carboxylic acids is 1. The Morgan fingerprint density at radius 2 is 2.00 bits per heavy atom. The molecule has 2 rings (SSSR count). The van der Waals surface area contributed by atoms with Crippen LogP contribution in [0, 0.1) is 0 Å². The first-order valence-electron chi connectivity index (χ1n) is 6.41. The Kier molecular flexibility index (Phi) is 4.36. The number of hydrogen-bond donors (Lipinski definition) is 0. The molecular formula is C12H23N3O2. The first-order valence-corrected chi connectivity index (χ1v) is 6.41. The number of fused-ring (bicyclic) bond motifs is 1. The molecule has 5 nitrogen and oxygen atoms in total. The van der Waals surface area contributed by atoms with Gasteiger partial charge >= 0.3 is 5.97 Å². The fraction of sp³-hybridized carbons (Fsp3) is 0.917. The highest BCUT2D eigenvalue weighted by Gasteiger charge is 2.30. The molecule has 0 saturated carbocycles. The van der Waals surface area contributed by atoms with Crippen molar-refractivity contribution in [2.24, 2.45) is 0 Å². The van der Waals surface area contributed by atoms with Gasteiger partial charge in [-0.2, -0.15) is 0 Å². The van der Waals surface area contributed by atoms with Gasteiger partial charge in [0.15, 0.2) is 0 Å². The normalized spacial score (nSPS) is 27.8. The van der Waals surface area contributed by atoms with E-state index in [0.29, 0.717) is 12.5 Å². The molecule has 2 aliphatic heterocycles. The van der Waals surface area contributed by atoms with E-state index >= 15 is 0 Å². The molecule has 0 spiro atoms. The van der Waals surface area contributed by atoms with E-state index in [1.807, 2.05) is 0 Å². The molecule has 0 aliphatic carbocycles. The smallest absolute Gasteiger partial charge is 0.306 e. The van der Waals surface area contributed by atoms with Crippen LogP contribution in [-0.4, -0.2) is 86.7 Å². The zero-order chi connectivity index (χ0) is 12.3. The molecule has 0 aromatic carbocycles. The molecule has 0 bridgehead atoms. The van der Waals surface area contributed by atoms with Crippen molar-refractivity contribution in [3.05, 3.63) is 0 Å². The highest BCUT2D eigenvalue weighted by Crippen LogP contribution is 2.14. The minimum absolute atomic E-state index is 0.104. The van der Waals surface area contributed by atoms with Crippen LogP contribution in [0.4, 0.5) is 0 Å². The van der Waals surface area contributed by atoms with Crippen molar-refractivity contribution in [2.45, 2.75) is 12.5 Å². The predicted octanol–water partition coefficient (Wildman–Crippen LogP) is -0.519. The number of nitrogens with zero attached hydrogens (tertiary/aromatic N) is 3. The largest absolute Gasteiger partial charge is 0.469 e. The maximum absolute atomic E-state index is 11.1. The number of rotatable bonds is 3. The Labute approximate surface area is 103 Å². The first-order chi connectivity index (χ1) is 8.19. The third-order valence-electron chi connectivity index (χ3n) is 3.84. The number of methoxy groups -OCH3 is 1. The van der Waals surface area contributed by atoms with Crippen LogP contribution >= 0.6 is 0 Å². The second kappa shape index (κ2) is 5.80. The van der Waals surface area contributed by atoms with Crippen LogP contribution in [0.1, 0.15) is 6.42 Å². The van der Waals surface area contributed by atoms with Crippen molar-refractivity contribution in [1.82, 2.24) is 14.7 Å². The summed E-state index contributed by atoms with van der Waals surface area (Å²) in [7, 11) is 3.64. The highest BCUT2D eigenvalue weighted by molar-refractivity contribution is 5.69. The average Bonchev–Trinajstić information content (AvgIpc) is 2.35. The van der Waals surface area contributed by atoms with Crippen LogP contribution < -0.4 is 0 Å². The van der Waals surface area contributed by atoms with Crippen molar-refractivity contribution in [1.29, 1.82) is 0 Å². The SMILES string of the molecule is COC(=O)CCN1CCN2CCN(C)CC2C1. The summed E-state index contributed by atoms with van der Waals surface area (Å²) in [6.07, 6.45) is 0.513. The summed E-state index contributed by atoms with van der Waals surface area (Å²) in [5, 5.41) is 0. The molecule has 1 atom stereocenters. The quantitative estimate of drug-likeness (QED) is 0.622. The third-order valence-corrected chi connectivity index (χ3v) is 3.84. The molecule has 17 heavy (non-hydrogen) atoms. The maximum atomic E-state index is 11.1. The van der Waals surface area contributed by atoms with Gasteiger partial charge < -0.3 is 9.64 Å². The lowest BCUT2D eigenvalue weighted by molar-refractivity contribution is -0.141. The van der Waals surface area contributed by atoms with Gasteiger partial charge in [0.05, 0.1) is 13.5 Å². The lowest BCUT2D eigenvalue weighted by Gasteiger charge is -2.46. The van der Waals surface area contributed by atoms with Crippen LogP contribution in [0.2, 0.25) is 0 Å². The highest BCUT2D eigenvalue weighted by atomic mass is 16.5. The predicted molar refractivity (Wildman–Crippen MR) is 65.9 cm³/mol. The molecule has 2 saturated heterocycles. The van der Waals surface area contributed by atoms with E-state index in [1.165, 1.54) is 20.2 Å². The molecular weight excluding hydrogens is 218 g/mol. The van der Waals surface area contributed by atoms with Gasteiger partial charge in [0.2, 0.25) is 0 Å². The number of piperazine rings is 2. The molecule has 2 fully saturated rings. The zero-order valence-corrected chi connectivity index (χ0v) is 10.9. The summed E-state index contributed by atoms with van der Waals surface area (Å²) in [5.74, 6) is -0.104. The summed E-state index contributed by atoms with van der Waals surface area (Å²) < 4.78 is 4.68. The van der Waals surface area contributed by atoms with Gasteiger partial charge in [0, 0.05) is 51.9 Å². The molecule has 0 N–H and O–H groups in total. The van der Waals surface area contributed by atoms with Crippen LogP contribution in [-0.2, 0) is 9.53 Å². The van der Waals surface area contributed by atoms with Crippen molar-refractivity contribution < 1.29 is 9.53 Å². The van der Waals surface area contributed by atoms with Crippen molar-refractivity contribution in [2.75, 3.05) is 60.0 Å². The molecule has 0 aromatic rings. The van der Waals surface area contributed by atoms with Crippen molar-refractivity contribution in [3.63, 3.8) is 0 Å². The molecule has 0 aromatic heterocycles. The van der Waals surface area contributed by atoms with Crippen molar-refractivity contribution in [3.8, 4) is 0 Å². The fourth-order valence-corrected chi connectivity index (χ4v) is 2.73. The molecule has 0 amide bonds. The standard InChI is InChI=1S/C12H23N3O2/c1-13-5-7-15-8-6-14(10-11(15)9-13)4-3-12(16)17-2/h11H,3-10H2,1-2H3. The number of hydrogen-bond acceptors (Lipinski definition) is 5. The second-order valence-corrected chi connectivity index (χ2v) is 5.08. The van der Waals surface area contributed by atoms with E-state index in [2.05, 4.69) is 26.5 Å². The van der Waals surface area contributed by atoms with E-state index in [0.717, 1.165) is 32.7 Å². The molecule has 0 radical (unpaired) electrons. The number of ether oxygens (including phenoxy) is 1. The second-order valence-electron chi connectivity index (χ2n) is 5.08. The molecule has 98 valence electrons. The van der Waals surface area contributed by atoms with Gasteiger partial charge in [-0.1, -0.05) is 0 Å². The van der Waals surface area contributed by atoms with Gasteiger partial charge in [0.25, 0.3) is 0 Å². The lowest BCUT2D eigenvalue weighted by Crippen LogP contribution is -2.61. The van der Waals surface area contributed by atoms with Crippen LogP contribution in [0.3, 0.4) is 0 Å². The van der Waals surface area contributed by atoms with E-state index in [4.69, 9.17) is 0 Å². The summed E-state index contributed by atoms with van der Waals surface area (Å²) in [6.45, 7) is 7.65. The van der Waals surface area contributed by atoms with Gasteiger partial charge in [0.1, 0.15) is 0 Å². The van der Waals surface area contributed by atoms with Crippen LogP contribution in [0.5, 0.6) is 0 Å². The molecule has 2 heterocycles. The molecule has 1 unspecified atom stereocenters. The Morgan fingerprint density at radius 1 is 1.24 bits per heavy atom. The number of esters is 1. The summed E-state index contributed by atoms with van der Waals surface area (Å²) in [5.41, 5.74) is 0. The third kappa shape index (κ3) is 3.40. The fourth-order valence-electron chi connectivity index (χ4n) is 2.73. The topological polar surface area (TPSA) is 36.0 Å². The minimum Gasteiger partial charge on any atom is -0.469 e. The molecule has 5 heteroatoms. The van der Waals surface area contributed by atoms with Crippen molar-refractivity contribution >= 4 is 5.97 Å². The van der Waals surface area contributed by atoms with Gasteiger partial charge in [-0.05, 0) is 7.05 Å². The number of carbonyl (C=O) groups is 1. The van der Waals surface area contributed by atoms with E-state index in [9.17, 15) is 4.79 Å². The lowest BCUT2D eigenvalue weighted by atomic mass is 10.1. The Hall–Kier alpha value is -0.650. The average molecular weight is 241 g/mol. The monoisotopic (exact) mass is 241 g/mol. The summed E-state index contributed by atoms with van der Waals surface area (Å²) >= 11 is 0. The van der Waals surface area contributed by atoms with E-state index < -0.39 is 0 Å².